The monoisotopic (exact) mass is 423 g/mol. The van der Waals surface area contributed by atoms with E-state index in [-0.39, 0.29) is 18.4 Å². The number of fused-ring (bicyclic) bond motifs is 1. The molecule has 1 aromatic carbocycles. The fourth-order valence-corrected chi connectivity index (χ4v) is 3.58. The molecule has 3 aromatic rings. The fourth-order valence-electron chi connectivity index (χ4n) is 3.58. The molecular formula is C23H29N5O3. The van der Waals surface area contributed by atoms with Gasteiger partial charge in [-0.3, -0.25) is 4.79 Å². The number of Topliss-reactive ketones (excluding diaryl/α,β-unsaturated/α-hetero) is 1. The summed E-state index contributed by atoms with van der Waals surface area (Å²) in [7, 11) is 0. The molecule has 164 valence electrons. The highest BCUT2D eigenvalue weighted by Crippen LogP contribution is 2.29. The van der Waals surface area contributed by atoms with Gasteiger partial charge in [-0.25, -0.2) is 9.97 Å². The first-order valence-corrected chi connectivity index (χ1v) is 10.8. The molecule has 3 heterocycles. The van der Waals surface area contributed by atoms with E-state index in [1.165, 1.54) is 0 Å². The van der Waals surface area contributed by atoms with Gasteiger partial charge < -0.3 is 18.9 Å². The fraction of sp³-hybridized carbons (Fsp3) is 0.478. The summed E-state index contributed by atoms with van der Waals surface area (Å²) in [6.45, 7) is 9.46. The Morgan fingerprint density at radius 2 is 2.03 bits per heavy atom. The third-order valence-corrected chi connectivity index (χ3v) is 5.39. The summed E-state index contributed by atoms with van der Waals surface area (Å²) < 4.78 is 13.2. The van der Waals surface area contributed by atoms with Crippen LogP contribution in [0.2, 0.25) is 0 Å². The number of morpholine rings is 1. The summed E-state index contributed by atoms with van der Waals surface area (Å²) in [4.78, 5) is 28.1. The third kappa shape index (κ3) is 4.75. The second-order valence-corrected chi connectivity index (χ2v) is 7.97. The first-order valence-electron chi connectivity index (χ1n) is 10.8. The lowest BCUT2D eigenvalue weighted by Crippen LogP contribution is -2.37. The maximum Gasteiger partial charge on any atom is 0.228 e. The number of ketones is 1. The molecule has 0 N–H and O–H groups in total. The normalized spacial score (nSPS) is 14.5. The van der Waals surface area contributed by atoms with Gasteiger partial charge in [0.2, 0.25) is 5.95 Å². The minimum Gasteiger partial charge on any atom is -0.378 e. The average Bonchev–Trinajstić information content (AvgIpc) is 3.23. The zero-order valence-corrected chi connectivity index (χ0v) is 18.4. The highest BCUT2D eigenvalue weighted by atomic mass is 16.5. The lowest BCUT2D eigenvalue weighted by atomic mass is 10.1. The van der Waals surface area contributed by atoms with Crippen LogP contribution >= 0.6 is 0 Å². The van der Waals surface area contributed by atoms with Crippen LogP contribution in [-0.2, 0) is 20.9 Å². The first kappa shape index (κ1) is 21.4. The minimum atomic E-state index is 0.100. The Kier molecular flexibility index (Phi) is 6.58. The number of hydrogen-bond acceptors (Lipinski definition) is 7. The van der Waals surface area contributed by atoms with Gasteiger partial charge in [0.05, 0.1) is 26.1 Å². The predicted octanol–water partition coefficient (Wildman–Crippen LogP) is 3.41. The molecule has 31 heavy (non-hydrogen) atoms. The summed E-state index contributed by atoms with van der Waals surface area (Å²) >= 11 is 0. The molecule has 1 aliphatic rings. The average molecular weight is 424 g/mol. The van der Waals surface area contributed by atoms with E-state index in [9.17, 15) is 4.79 Å². The number of anilines is 1. The second-order valence-electron chi connectivity index (χ2n) is 7.97. The molecule has 0 radical (unpaired) electrons. The van der Waals surface area contributed by atoms with Crippen molar-refractivity contribution in [3.8, 4) is 11.3 Å². The summed E-state index contributed by atoms with van der Waals surface area (Å²) in [5, 5.41) is 0. The molecule has 0 spiro atoms. The molecule has 1 fully saturated rings. The van der Waals surface area contributed by atoms with Gasteiger partial charge >= 0.3 is 0 Å². The van der Waals surface area contributed by atoms with Crippen molar-refractivity contribution in [1.29, 1.82) is 0 Å². The van der Waals surface area contributed by atoms with Crippen LogP contribution in [0, 0.1) is 0 Å². The molecule has 0 aliphatic carbocycles. The number of nitrogens with zero attached hydrogens (tertiary/aromatic N) is 5. The number of aromatic nitrogens is 4. The molecule has 2 aromatic heterocycles. The van der Waals surface area contributed by atoms with E-state index >= 15 is 0 Å². The quantitative estimate of drug-likeness (QED) is 0.549. The van der Waals surface area contributed by atoms with E-state index in [0.29, 0.717) is 32.2 Å². The Balaban J connectivity index is 1.72. The van der Waals surface area contributed by atoms with Crippen LogP contribution in [0.25, 0.3) is 22.4 Å². The Hall–Kier alpha value is -2.84. The Morgan fingerprint density at radius 1 is 1.23 bits per heavy atom. The van der Waals surface area contributed by atoms with Gasteiger partial charge in [-0.1, -0.05) is 25.1 Å². The smallest absolute Gasteiger partial charge is 0.228 e. The van der Waals surface area contributed by atoms with Crippen LogP contribution in [0.4, 0.5) is 5.95 Å². The maximum atomic E-state index is 11.5. The molecule has 1 saturated heterocycles. The zero-order valence-electron chi connectivity index (χ0n) is 18.4. The SMILES string of the molecule is CCC(=O)COCc1cccc(-c2nc(N3CCOCC3)nc3c2ncn3C(C)C)c1. The second kappa shape index (κ2) is 9.53. The van der Waals surface area contributed by atoms with Crippen LogP contribution in [0.15, 0.2) is 30.6 Å². The van der Waals surface area contributed by atoms with Crippen LogP contribution in [0.1, 0.15) is 38.8 Å². The molecule has 8 heteroatoms. The number of ether oxygens (including phenoxy) is 2. The van der Waals surface area contributed by atoms with Crippen LogP contribution in [0.5, 0.6) is 0 Å². The molecule has 0 unspecified atom stereocenters. The standard InChI is InChI=1S/C23H29N5O3/c1-4-19(29)14-31-13-17-6-5-7-18(12-17)20-21-22(28(15-24-21)16(2)3)26-23(25-20)27-8-10-30-11-9-27/h5-7,12,15-16H,4,8-11,13-14H2,1-3H3. The van der Waals surface area contributed by atoms with Gasteiger partial charge in [-0.2, -0.15) is 4.98 Å². The van der Waals surface area contributed by atoms with Gasteiger partial charge in [0.25, 0.3) is 0 Å². The van der Waals surface area contributed by atoms with E-state index in [2.05, 4.69) is 34.4 Å². The molecule has 0 saturated carbocycles. The zero-order chi connectivity index (χ0) is 21.8. The van der Waals surface area contributed by atoms with Gasteiger partial charge in [0.15, 0.2) is 11.4 Å². The summed E-state index contributed by atoms with van der Waals surface area (Å²) in [5.41, 5.74) is 4.36. The summed E-state index contributed by atoms with van der Waals surface area (Å²) in [6.07, 6.45) is 2.32. The van der Waals surface area contributed by atoms with Gasteiger partial charge in [-0.05, 0) is 25.5 Å². The number of rotatable bonds is 8. The van der Waals surface area contributed by atoms with Crippen molar-refractivity contribution in [2.24, 2.45) is 0 Å². The van der Waals surface area contributed by atoms with E-state index in [0.717, 1.165) is 41.1 Å². The largest absolute Gasteiger partial charge is 0.378 e. The lowest BCUT2D eigenvalue weighted by molar-refractivity contribution is -0.123. The molecule has 0 amide bonds. The number of carbonyl (C=O) groups is 1. The molecule has 4 rings (SSSR count). The van der Waals surface area contributed by atoms with Gasteiger partial charge in [0, 0.05) is 31.1 Å². The van der Waals surface area contributed by atoms with E-state index in [1.54, 1.807) is 0 Å². The molecule has 0 bridgehead atoms. The third-order valence-electron chi connectivity index (χ3n) is 5.39. The highest BCUT2D eigenvalue weighted by molar-refractivity contribution is 5.88. The van der Waals surface area contributed by atoms with Crippen molar-refractivity contribution < 1.29 is 14.3 Å². The van der Waals surface area contributed by atoms with Crippen LogP contribution in [0.3, 0.4) is 0 Å². The van der Waals surface area contributed by atoms with Crippen molar-refractivity contribution in [1.82, 2.24) is 19.5 Å². The summed E-state index contributed by atoms with van der Waals surface area (Å²) in [5.74, 6) is 0.798. The number of carbonyl (C=O) groups excluding carboxylic acids is 1. The highest BCUT2D eigenvalue weighted by Gasteiger charge is 2.21. The maximum absolute atomic E-state index is 11.5. The van der Waals surface area contributed by atoms with Crippen molar-refractivity contribution >= 4 is 22.9 Å². The minimum absolute atomic E-state index is 0.100. The molecular weight excluding hydrogens is 394 g/mol. The number of benzene rings is 1. The van der Waals surface area contributed by atoms with Gasteiger partial charge in [-0.15, -0.1) is 0 Å². The van der Waals surface area contributed by atoms with Crippen LogP contribution in [-0.4, -0.2) is 58.2 Å². The topological polar surface area (TPSA) is 82.4 Å². The predicted molar refractivity (Wildman–Crippen MR) is 119 cm³/mol. The van der Waals surface area contributed by atoms with Crippen LogP contribution < -0.4 is 4.90 Å². The number of imidazole rings is 1. The first-order chi connectivity index (χ1) is 15.1. The van der Waals surface area contributed by atoms with E-state index < -0.39 is 0 Å². The molecule has 0 atom stereocenters. The van der Waals surface area contributed by atoms with Crippen molar-refractivity contribution in [3.05, 3.63) is 36.2 Å². The van der Waals surface area contributed by atoms with Crippen molar-refractivity contribution in [2.45, 2.75) is 39.8 Å². The Morgan fingerprint density at radius 3 is 2.77 bits per heavy atom. The van der Waals surface area contributed by atoms with Crippen molar-refractivity contribution in [3.63, 3.8) is 0 Å². The van der Waals surface area contributed by atoms with Gasteiger partial charge in [0.1, 0.15) is 17.8 Å². The number of hydrogen-bond donors (Lipinski definition) is 0. The Labute approximate surface area is 182 Å². The lowest BCUT2D eigenvalue weighted by Gasteiger charge is -2.27. The summed E-state index contributed by atoms with van der Waals surface area (Å²) in [6, 6.07) is 8.29. The van der Waals surface area contributed by atoms with E-state index in [1.807, 2.05) is 31.5 Å². The molecule has 8 nitrogen and oxygen atoms in total. The van der Waals surface area contributed by atoms with Crippen molar-refractivity contribution in [2.75, 3.05) is 37.8 Å². The molecule has 1 aliphatic heterocycles. The van der Waals surface area contributed by atoms with E-state index in [4.69, 9.17) is 19.4 Å². The Bertz CT molecular complexity index is 1060.